The van der Waals surface area contributed by atoms with E-state index in [0.717, 1.165) is 38.5 Å². The van der Waals surface area contributed by atoms with Gasteiger partial charge >= 0.3 is 13.8 Å². The SMILES string of the molecule is CCCCCCCC/C=C/CCCCCCCCCCCCCC(=O)NCCOP(=O)(O)OCC(O)COC(=O)CCCCCCCCCCCCCC. The molecule has 0 aromatic carbocycles. The molecule has 0 fully saturated rings. The van der Waals surface area contributed by atoms with E-state index in [4.69, 9.17) is 13.8 Å². The van der Waals surface area contributed by atoms with Crippen molar-refractivity contribution in [2.45, 2.75) is 232 Å². The van der Waals surface area contributed by atoms with Gasteiger partial charge in [0.15, 0.2) is 0 Å². The van der Waals surface area contributed by atoms with Gasteiger partial charge in [-0.1, -0.05) is 187 Å². The number of carbonyl (C=O) groups excluding carboxylic acids is 2. The highest BCUT2D eigenvalue weighted by Crippen LogP contribution is 2.42. The molecular weight excluding hydrogens is 701 g/mol. The summed E-state index contributed by atoms with van der Waals surface area (Å²) in [5, 5.41) is 12.7. The molecule has 3 N–H and O–H groups in total. The van der Waals surface area contributed by atoms with Gasteiger partial charge in [-0.3, -0.25) is 18.6 Å². The predicted octanol–water partition coefficient (Wildman–Crippen LogP) is 12.6. The summed E-state index contributed by atoms with van der Waals surface area (Å²) in [4.78, 5) is 33.9. The highest BCUT2D eigenvalue weighted by atomic mass is 31.2. The zero-order valence-electron chi connectivity index (χ0n) is 35.2. The molecule has 10 heteroatoms. The number of phosphoric ester groups is 1. The molecule has 1 amide bonds. The van der Waals surface area contributed by atoms with Crippen LogP contribution in [0.2, 0.25) is 0 Å². The molecule has 0 aromatic heterocycles. The minimum atomic E-state index is -4.41. The van der Waals surface area contributed by atoms with Crippen LogP contribution < -0.4 is 5.32 Å². The summed E-state index contributed by atoms with van der Waals surface area (Å²) in [6.45, 7) is 3.57. The van der Waals surface area contributed by atoms with Crippen molar-refractivity contribution in [3.63, 3.8) is 0 Å². The zero-order chi connectivity index (χ0) is 39.6. The maximum atomic E-state index is 12.1. The van der Waals surface area contributed by atoms with Crippen molar-refractivity contribution in [1.29, 1.82) is 0 Å². The van der Waals surface area contributed by atoms with Gasteiger partial charge in [0.2, 0.25) is 5.91 Å². The van der Waals surface area contributed by atoms with Gasteiger partial charge in [-0.15, -0.1) is 0 Å². The van der Waals surface area contributed by atoms with E-state index in [-0.39, 0.29) is 32.1 Å². The van der Waals surface area contributed by atoms with Gasteiger partial charge in [0.25, 0.3) is 0 Å². The van der Waals surface area contributed by atoms with Crippen LogP contribution in [0.15, 0.2) is 12.2 Å². The van der Waals surface area contributed by atoms with Gasteiger partial charge in [0, 0.05) is 19.4 Å². The Labute approximate surface area is 332 Å². The van der Waals surface area contributed by atoms with Crippen LogP contribution in [0.1, 0.15) is 226 Å². The van der Waals surface area contributed by atoms with Crippen LogP contribution in [-0.4, -0.2) is 54.3 Å². The summed E-state index contributed by atoms with van der Waals surface area (Å²) < 4.78 is 26.9. The quantitative estimate of drug-likeness (QED) is 0.0241. The largest absolute Gasteiger partial charge is 0.472 e. The van der Waals surface area contributed by atoms with E-state index in [2.05, 4.69) is 31.3 Å². The van der Waals surface area contributed by atoms with E-state index in [0.29, 0.717) is 6.42 Å². The molecule has 0 bridgehead atoms. The van der Waals surface area contributed by atoms with Crippen molar-refractivity contribution < 1.29 is 37.9 Å². The molecule has 0 saturated heterocycles. The summed E-state index contributed by atoms with van der Waals surface area (Å²) in [6.07, 6.45) is 42.9. The van der Waals surface area contributed by atoms with Crippen molar-refractivity contribution in [2.75, 3.05) is 26.4 Å². The number of nitrogens with one attached hydrogen (secondary N) is 1. The number of hydrogen-bond donors (Lipinski definition) is 3. The highest BCUT2D eigenvalue weighted by molar-refractivity contribution is 7.47. The molecule has 54 heavy (non-hydrogen) atoms. The van der Waals surface area contributed by atoms with Crippen LogP contribution in [0, 0.1) is 0 Å². The summed E-state index contributed by atoms with van der Waals surface area (Å²) in [5.41, 5.74) is 0. The van der Waals surface area contributed by atoms with E-state index in [1.165, 1.54) is 161 Å². The molecule has 0 aromatic rings. The lowest BCUT2D eigenvalue weighted by molar-refractivity contribution is -0.147. The standard InChI is InChI=1S/C44H86NO8P/c1-3-5-7-9-11-13-15-17-18-19-20-21-22-23-24-25-26-28-30-32-34-36-43(47)45-38-39-52-54(49,50)53-41-42(46)40-51-44(48)37-35-33-31-29-27-16-14-12-10-8-6-4-2/h17-18,42,46H,3-16,19-41H2,1-2H3,(H,45,47)(H,49,50)/b18-17+. The minimum Gasteiger partial charge on any atom is -0.463 e. The molecule has 0 heterocycles. The lowest BCUT2D eigenvalue weighted by atomic mass is 10.0. The molecule has 2 unspecified atom stereocenters. The number of aliphatic hydroxyl groups is 1. The second-order valence-corrected chi connectivity index (χ2v) is 16.8. The number of amides is 1. The van der Waals surface area contributed by atoms with Crippen LogP contribution >= 0.6 is 7.82 Å². The van der Waals surface area contributed by atoms with Gasteiger partial charge in [-0.2, -0.15) is 0 Å². The summed E-state index contributed by atoms with van der Waals surface area (Å²) in [5.74, 6) is -0.509. The van der Waals surface area contributed by atoms with Gasteiger partial charge in [-0.25, -0.2) is 4.57 Å². The van der Waals surface area contributed by atoms with Gasteiger partial charge in [0.05, 0.1) is 13.2 Å². The van der Waals surface area contributed by atoms with Crippen LogP contribution in [-0.2, 0) is 27.9 Å². The lowest BCUT2D eigenvalue weighted by Gasteiger charge is -2.15. The number of phosphoric acid groups is 1. The summed E-state index contributed by atoms with van der Waals surface area (Å²) >= 11 is 0. The smallest absolute Gasteiger partial charge is 0.463 e. The molecule has 0 saturated carbocycles. The highest BCUT2D eigenvalue weighted by Gasteiger charge is 2.23. The Bertz CT molecular complexity index is 902. The van der Waals surface area contributed by atoms with Crippen LogP contribution in [0.25, 0.3) is 0 Å². The molecule has 0 radical (unpaired) electrons. The Morgan fingerprint density at radius 2 is 0.944 bits per heavy atom. The average Bonchev–Trinajstić information content (AvgIpc) is 3.16. The fourth-order valence-electron chi connectivity index (χ4n) is 6.49. The van der Waals surface area contributed by atoms with Crippen LogP contribution in [0.4, 0.5) is 0 Å². The van der Waals surface area contributed by atoms with Crippen molar-refractivity contribution >= 4 is 19.7 Å². The van der Waals surface area contributed by atoms with Crippen molar-refractivity contribution in [3.8, 4) is 0 Å². The van der Waals surface area contributed by atoms with E-state index in [1.807, 2.05) is 0 Å². The van der Waals surface area contributed by atoms with E-state index < -0.39 is 26.5 Å². The fourth-order valence-corrected chi connectivity index (χ4v) is 7.25. The van der Waals surface area contributed by atoms with Crippen LogP contribution in [0.5, 0.6) is 0 Å². The zero-order valence-corrected chi connectivity index (χ0v) is 36.1. The van der Waals surface area contributed by atoms with Gasteiger partial charge in [0.1, 0.15) is 12.7 Å². The summed E-state index contributed by atoms with van der Waals surface area (Å²) in [6, 6.07) is 0. The molecule has 0 aliphatic heterocycles. The fraction of sp³-hybridized carbons (Fsp3) is 0.909. The maximum Gasteiger partial charge on any atom is 0.472 e. The Hall–Kier alpha value is -1.25. The van der Waals surface area contributed by atoms with E-state index in [1.54, 1.807) is 0 Å². The number of unbranched alkanes of at least 4 members (excludes halogenated alkanes) is 28. The normalized spacial score (nSPS) is 13.3. The number of aliphatic hydroxyl groups excluding tert-OH is 1. The van der Waals surface area contributed by atoms with Gasteiger partial charge in [-0.05, 0) is 38.5 Å². The second kappa shape index (κ2) is 41.4. The van der Waals surface area contributed by atoms with Crippen LogP contribution in [0.3, 0.4) is 0 Å². The molecule has 0 aliphatic rings. The first kappa shape index (κ1) is 52.8. The Balaban J connectivity index is 3.54. The molecule has 0 aliphatic carbocycles. The minimum absolute atomic E-state index is 0.0853. The first-order valence-electron chi connectivity index (χ1n) is 22.7. The van der Waals surface area contributed by atoms with Crippen molar-refractivity contribution in [3.05, 3.63) is 12.2 Å². The maximum absolute atomic E-state index is 12.1. The topological polar surface area (TPSA) is 131 Å². The summed E-state index contributed by atoms with van der Waals surface area (Å²) in [7, 11) is -4.41. The first-order valence-corrected chi connectivity index (χ1v) is 24.2. The van der Waals surface area contributed by atoms with E-state index in [9.17, 15) is 24.2 Å². The Morgan fingerprint density at radius 3 is 1.39 bits per heavy atom. The number of hydrogen-bond acceptors (Lipinski definition) is 7. The molecule has 320 valence electrons. The molecule has 2 atom stereocenters. The third-order valence-electron chi connectivity index (χ3n) is 9.95. The van der Waals surface area contributed by atoms with E-state index >= 15 is 0 Å². The number of ether oxygens (including phenoxy) is 1. The molecule has 9 nitrogen and oxygen atoms in total. The first-order chi connectivity index (χ1) is 26.3. The number of allylic oxidation sites excluding steroid dienone is 2. The van der Waals surface area contributed by atoms with Crippen molar-refractivity contribution in [1.82, 2.24) is 5.32 Å². The number of esters is 1. The third-order valence-corrected chi connectivity index (χ3v) is 10.9. The van der Waals surface area contributed by atoms with Crippen molar-refractivity contribution in [2.24, 2.45) is 0 Å². The average molecular weight is 788 g/mol. The second-order valence-electron chi connectivity index (χ2n) is 15.4. The molecular formula is C44H86NO8P. The Kier molecular flexibility index (Phi) is 40.4. The number of rotatable bonds is 43. The monoisotopic (exact) mass is 788 g/mol. The predicted molar refractivity (Wildman–Crippen MR) is 225 cm³/mol. The number of carbonyl (C=O) groups is 2. The van der Waals surface area contributed by atoms with Gasteiger partial charge < -0.3 is 20.1 Å². The lowest BCUT2D eigenvalue weighted by Crippen LogP contribution is -2.27. The third kappa shape index (κ3) is 41.9. The molecule has 0 spiro atoms. The molecule has 0 rings (SSSR count). The Morgan fingerprint density at radius 1 is 0.556 bits per heavy atom.